The number of hydrogen-bond donors (Lipinski definition) is 2. The molecule has 0 radical (unpaired) electrons. The number of hydrogen-bond acceptors (Lipinski definition) is 4. The van der Waals surface area contributed by atoms with Crippen LogP contribution >= 0.6 is 0 Å². The molecular formula is C16H19N3O2. The molecule has 1 aliphatic rings. The first kappa shape index (κ1) is 13.8. The topological polar surface area (TPSA) is 75.1 Å². The van der Waals surface area contributed by atoms with Crippen molar-refractivity contribution in [2.24, 2.45) is 5.41 Å². The SMILES string of the molecule is CC1(C(=O)O)CCCCC1Nc1ncc2ccccc2n1. The van der Waals surface area contributed by atoms with Gasteiger partial charge in [0.25, 0.3) is 0 Å². The molecule has 1 aliphatic carbocycles. The second-order valence-electron chi connectivity index (χ2n) is 5.92. The van der Waals surface area contributed by atoms with E-state index in [2.05, 4.69) is 15.3 Å². The molecule has 2 aromatic rings. The van der Waals surface area contributed by atoms with E-state index < -0.39 is 11.4 Å². The quantitative estimate of drug-likeness (QED) is 0.906. The van der Waals surface area contributed by atoms with Gasteiger partial charge in [0.2, 0.25) is 5.95 Å². The summed E-state index contributed by atoms with van der Waals surface area (Å²) in [5.41, 5.74) is 0.107. The maximum Gasteiger partial charge on any atom is 0.311 e. The van der Waals surface area contributed by atoms with Gasteiger partial charge in [-0.25, -0.2) is 9.97 Å². The fourth-order valence-corrected chi connectivity index (χ4v) is 3.02. The number of nitrogens with one attached hydrogen (secondary N) is 1. The van der Waals surface area contributed by atoms with E-state index in [4.69, 9.17) is 0 Å². The summed E-state index contributed by atoms with van der Waals surface area (Å²) in [6, 6.07) is 7.63. The summed E-state index contributed by atoms with van der Waals surface area (Å²) in [6.45, 7) is 1.81. The highest BCUT2D eigenvalue weighted by atomic mass is 16.4. The van der Waals surface area contributed by atoms with Gasteiger partial charge < -0.3 is 10.4 Å². The van der Waals surface area contributed by atoms with E-state index in [0.29, 0.717) is 12.4 Å². The molecule has 1 fully saturated rings. The van der Waals surface area contributed by atoms with Crippen LogP contribution in [0.3, 0.4) is 0 Å². The van der Waals surface area contributed by atoms with E-state index >= 15 is 0 Å². The molecule has 1 aromatic carbocycles. The van der Waals surface area contributed by atoms with Crippen LogP contribution in [0.25, 0.3) is 10.9 Å². The predicted octanol–water partition coefficient (Wildman–Crippen LogP) is 3.08. The molecule has 1 saturated carbocycles. The van der Waals surface area contributed by atoms with Gasteiger partial charge in [-0.3, -0.25) is 4.79 Å². The first-order valence-electron chi connectivity index (χ1n) is 7.31. The van der Waals surface area contributed by atoms with Crippen molar-refractivity contribution >= 4 is 22.8 Å². The van der Waals surface area contributed by atoms with Crippen molar-refractivity contribution in [1.82, 2.24) is 9.97 Å². The van der Waals surface area contributed by atoms with Crippen molar-refractivity contribution in [3.8, 4) is 0 Å². The summed E-state index contributed by atoms with van der Waals surface area (Å²) in [4.78, 5) is 20.4. The van der Waals surface area contributed by atoms with Gasteiger partial charge in [0.1, 0.15) is 0 Å². The Bertz CT molecular complexity index is 673. The molecule has 110 valence electrons. The van der Waals surface area contributed by atoms with Gasteiger partial charge in [0, 0.05) is 17.6 Å². The van der Waals surface area contributed by atoms with Crippen LogP contribution < -0.4 is 5.32 Å². The van der Waals surface area contributed by atoms with E-state index in [-0.39, 0.29) is 6.04 Å². The minimum Gasteiger partial charge on any atom is -0.481 e. The van der Waals surface area contributed by atoms with E-state index in [1.54, 1.807) is 6.20 Å². The Balaban J connectivity index is 1.87. The minimum absolute atomic E-state index is 0.134. The van der Waals surface area contributed by atoms with Crippen molar-refractivity contribution < 1.29 is 9.90 Å². The maximum absolute atomic E-state index is 11.6. The summed E-state index contributed by atoms with van der Waals surface area (Å²) < 4.78 is 0. The van der Waals surface area contributed by atoms with Gasteiger partial charge in [0.15, 0.2) is 0 Å². The van der Waals surface area contributed by atoms with Crippen molar-refractivity contribution in [2.75, 3.05) is 5.32 Å². The molecule has 5 heteroatoms. The van der Waals surface area contributed by atoms with Crippen LogP contribution in [0.15, 0.2) is 30.5 Å². The lowest BCUT2D eigenvalue weighted by Gasteiger charge is -2.38. The second-order valence-corrected chi connectivity index (χ2v) is 5.92. The van der Waals surface area contributed by atoms with Crippen LogP contribution in [0.2, 0.25) is 0 Å². The summed E-state index contributed by atoms with van der Waals surface area (Å²) in [5, 5.41) is 13.8. The summed E-state index contributed by atoms with van der Waals surface area (Å²) in [6.07, 6.45) is 5.28. The number of nitrogens with zero attached hydrogens (tertiary/aromatic N) is 2. The number of benzene rings is 1. The zero-order valence-electron chi connectivity index (χ0n) is 12.0. The minimum atomic E-state index is -0.757. The number of aliphatic carboxylic acids is 1. The smallest absolute Gasteiger partial charge is 0.311 e. The third-order valence-electron chi connectivity index (χ3n) is 4.49. The molecule has 5 nitrogen and oxygen atoms in total. The highest BCUT2D eigenvalue weighted by Gasteiger charge is 2.43. The van der Waals surface area contributed by atoms with Gasteiger partial charge >= 0.3 is 5.97 Å². The van der Waals surface area contributed by atoms with Gasteiger partial charge in [-0.2, -0.15) is 0 Å². The molecule has 0 amide bonds. The predicted molar refractivity (Wildman–Crippen MR) is 81.2 cm³/mol. The second kappa shape index (κ2) is 5.31. The van der Waals surface area contributed by atoms with Gasteiger partial charge in [0.05, 0.1) is 10.9 Å². The lowest BCUT2D eigenvalue weighted by Crippen LogP contribution is -2.46. The Kier molecular flexibility index (Phi) is 3.49. The van der Waals surface area contributed by atoms with Crippen LogP contribution in [0.5, 0.6) is 0 Å². The fraction of sp³-hybridized carbons (Fsp3) is 0.438. The highest BCUT2D eigenvalue weighted by molar-refractivity contribution is 5.79. The Morgan fingerprint density at radius 1 is 1.38 bits per heavy atom. The van der Waals surface area contributed by atoms with Crippen LogP contribution in [0, 0.1) is 5.41 Å². The zero-order chi connectivity index (χ0) is 14.9. The van der Waals surface area contributed by atoms with E-state index in [9.17, 15) is 9.90 Å². The zero-order valence-corrected chi connectivity index (χ0v) is 12.0. The lowest BCUT2D eigenvalue weighted by molar-refractivity contribution is -0.150. The molecule has 0 spiro atoms. The number of aromatic nitrogens is 2. The third kappa shape index (κ3) is 2.55. The average Bonchev–Trinajstić information content (AvgIpc) is 2.49. The number of fused-ring (bicyclic) bond motifs is 1. The molecule has 0 saturated heterocycles. The molecule has 2 atom stereocenters. The normalized spacial score (nSPS) is 25.7. The number of carboxylic acids is 1. The Morgan fingerprint density at radius 3 is 3.00 bits per heavy atom. The van der Waals surface area contributed by atoms with Crippen LogP contribution in [-0.4, -0.2) is 27.1 Å². The molecule has 1 heterocycles. The highest BCUT2D eigenvalue weighted by Crippen LogP contribution is 2.37. The number of carboxylic acid groups (broad SMARTS) is 1. The average molecular weight is 285 g/mol. The largest absolute Gasteiger partial charge is 0.481 e. The van der Waals surface area contributed by atoms with E-state index in [1.807, 2.05) is 31.2 Å². The van der Waals surface area contributed by atoms with Gasteiger partial charge in [-0.05, 0) is 25.8 Å². The Morgan fingerprint density at radius 2 is 2.19 bits per heavy atom. The van der Waals surface area contributed by atoms with E-state index in [0.717, 1.165) is 30.2 Å². The summed E-state index contributed by atoms with van der Waals surface area (Å²) in [7, 11) is 0. The summed E-state index contributed by atoms with van der Waals surface area (Å²) >= 11 is 0. The lowest BCUT2D eigenvalue weighted by atomic mass is 9.72. The molecule has 1 aromatic heterocycles. The molecule has 21 heavy (non-hydrogen) atoms. The molecule has 0 bridgehead atoms. The number of carbonyl (C=O) groups is 1. The monoisotopic (exact) mass is 285 g/mol. The van der Waals surface area contributed by atoms with Crippen molar-refractivity contribution in [3.63, 3.8) is 0 Å². The summed E-state index contributed by atoms with van der Waals surface area (Å²) in [5.74, 6) is -0.242. The molecule has 2 N–H and O–H groups in total. The van der Waals surface area contributed by atoms with Gasteiger partial charge in [-0.1, -0.05) is 31.0 Å². The van der Waals surface area contributed by atoms with Crippen molar-refractivity contribution in [1.29, 1.82) is 0 Å². The number of para-hydroxylation sites is 1. The molecular weight excluding hydrogens is 266 g/mol. The maximum atomic E-state index is 11.6. The van der Waals surface area contributed by atoms with Crippen LogP contribution in [0.1, 0.15) is 32.6 Å². The first-order chi connectivity index (χ1) is 10.1. The van der Waals surface area contributed by atoms with Crippen molar-refractivity contribution in [2.45, 2.75) is 38.6 Å². The van der Waals surface area contributed by atoms with Gasteiger partial charge in [-0.15, -0.1) is 0 Å². The molecule has 3 rings (SSSR count). The molecule has 0 aliphatic heterocycles. The Hall–Kier alpha value is -2.17. The third-order valence-corrected chi connectivity index (χ3v) is 4.49. The van der Waals surface area contributed by atoms with Crippen molar-refractivity contribution in [3.05, 3.63) is 30.5 Å². The fourth-order valence-electron chi connectivity index (χ4n) is 3.02. The van der Waals surface area contributed by atoms with Crippen LogP contribution in [0.4, 0.5) is 5.95 Å². The van der Waals surface area contributed by atoms with Crippen LogP contribution in [-0.2, 0) is 4.79 Å². The number of anilines is 1. The van der Waals surface area contributed by atoms with E-state index in [1.165, 1.54) is 0 Å². The standard InChI is InChI=1S/C16H19N3O2/c1-16(14(20)21)9-5-4-8-13(16)19-15-17-10-11-6-2-3-7-12(11)18-15/h2-3,6-7,10,13H,4-5,8-9H2,1H3,(H,20,21)(H,17,18,19). The first-order valence-corrected chi connectivity index (χ1v) is 7.31. The molecule has 2 unspecified atom stereocenters. The number of rotatable bonds is 3. The Labute approximate surface area is 123 Å².